The third-order valence-corrected chi connectivity index (χ3v) is 4.10. The fourth-order valence-electron chi connectivity index (χ4n) is 2.68. The molecule has 2 amide bonds. The summed E-state index contributed by atoms with van der Waals surface area (Å²) in [4.78, 5) is 32.4. The van der Waals surface area contributed by atoms with Gasteiger partial charge < -0.3 is 9.80 Å². The van der Waals surface area contributed by atoms with Crippen molar-refractivity contribution in [2.24, 2.45) is 5.92 Å². The van der Waals surface area contributed by atoms with Crippen LogP contribution in [0.5, 0.6) is 0 Å². The first-order valence-electron chi connectivity index (χ1n) is 7.66. The van der Waals surface area contributed by atoms with Gasteiger partial charge in [0.2, 0.25) is 5.91 Å². The van der Waals surface area contributed by atoms with Crippen LogP contribution in [0, 0.1) is 5.92 Å². The fourth-order valence-corrected chi connectivity index (χ4v) is 2.68. The number of amides is 2. The van der Waals surface area contributed by atoms with Crippen molar-refractivity contribution in [3.05, 3.63) is 30.1 Å². The summed E-state index contributed by atoms with van der Waals surface area (Å²) in [6.45, 7) is 6.50. The Balaban J connectivity index is 1.91. The molecule has 0 radical (unpaired) electrons. The van der Waals surface area contributed by atoms with Gasteiger partial charge in [0.1, 0.15) is 5.69 Å². The van der Waals surface area contributed by atoms with E-state index in [-0.39, 0.29) is 17.7 Å². The molecule has 1 aromatic rings. The average Bonchev–Trinajstić information content (AvgIpc) is 2.56. The van der Waals surface area contributed by atoms with Crippen molar-refractivity contribution >= 4 is 11.8 Å². The molecule has 1 aliphatic rings. The number of rotatable bonds is 4. The molecule has 1 aliphatic heterocycles. The van der Waals surface area contributed by atoms with Crippen molar-refractivity contribution in [1.29, 1.82) is 0 Å². The molecule has 0 aliphatic carbocycles. The zero-order valence-corrected chi connectivity index (χ0v) is 12.8. The van der Waals surface area contributed by atoms with Crippen LogP contribution in [0.15, 0.2) is 24.4 Å². The van der Waals surface area contributed by atoms with Crippen LogP contribution in [0.1, 0.15) is 37.2 Å². The van der Waals surface area contributed by atoms with Gasteiger partial charge >= 0.3 is 0 Å². The molecule has 5 heteroatoms. The topological polar surface area (TPSA) is 53.5 Å². The molecule has 0 spiro atoms. The molecule has 2 heterocycles. The van der Waals surface area contributed by atoms with E-state index in [4.69, 9.17) is 0 Å². The number of carbonyl (C=O) groups is 2. The molecule has 0 atom stereocenters. The van der Waals surface area contributed by atoms with Crippen LogP contribution in [0.25, 0.3) is 0 Å². The summed E-state index contributed by atoms with van der Waals surface area (Å²) in [7, 11) is 0. The fraction of sp³-hybridized carbons (Fsp3) is 0.562. The highest BCUT2D eigenvalue weighted by molar-refractivity contribution is 5.92. The minimum Gasteiger partial charge on any atom is -0.339 e. The predicted octanol–water partition coefficient (Wildman–Crippen LogP) is 1.80. The molecule has 2 rings (SSSR count). The summed E-state index contributed by atoms with van der Waals surface area (Å²) < 4.78 is 0. The van der Waals surface area contributed by atoms with Gasteiger partial charge in [-0.1, -0.05) is 19.9 Å². The number of hydrogen-bond acceptors (Lipinski definition) is 3. The van der Waals surface area contributed by atoms with Crippen LogP contribution in [0.2, 0.25) is 0 Å². The van der Waals surface area contributed by atoms with Crippen molar-refractivity contribution in [1.82, 2.24) is 14.8 Å². The second kappa shape index (κ2) is 7.20. The monoisotopic (exact) mass is 289 g/mol. The van der Waals surface area contributed by atoms with Gasteiger partial charge in [-0.05, 0) is 25.0 Å². The molecule has 1 aromatic heterocycles. The molecule has 21 heavy (non-hydrogen) atoms. The van der Waals surface area contributed by atoms with Crippen molar-refractivity contribution < 1.29 is 9.59 Å². The maximum Gasteiger partial charge on any atom is 0.272 e. The first-order valence-corrected chi connectivity index (χ1v) is 7.66. The van der Waals surface area contributed by atoms with E-state index in [1.54, 1.807) is 23.2 Å². The number of pyridine rings is 1. The van der Waals surface area contributed by atoms with Crippen molar-refractivity contribution in [2.75, 3.05) is 26.2 Å². The van der Waals surface area contributed by atoms with E-state index in [9.17, 15) is 9.59 Å². The molecule has 0 bridgehead atoms. The van der Waals surface area contributed by atoms with Crippen LogP contribution < -0.4 is 0 Å². The van der Waals surface area contributed by atoms with Gasteiger partial charge in [0, 0.05) is 38.3 Å². The van der Waals surface area contributed by atoms with Gasteiger partial charge in [0.25, 0.3) is 5.91 Å². The molecule has 0 saturated carbocycles. The summed E-state index contributed by atoms with van der Waals surface area (Å²) >= 11 is 0. The van der Waals surface area contributed by atoms with Gasteiger partial charge in [0.15, 0.2) is 0 Å². The van der Waals surface area contributed by atoms with Crippen LogP contribution in [-0.2, 0) is 4.79 Å². The highest BCUT2D eigenvalue weighted by atomic mass is 16.2. The third kappa shape index (κ3) is 3.60. The van der Waals surface area contributed by atoms with Crippen LogP contribution in [0.4, 0.5) is 0 Å². The minimum absolute atomic E-state index is 0.0507. The van der Waals surface area contributed by atoms with Gasteiger partial charge in [0.05, 0.1) is 0 Å². The van der Waals surface area contributed by atoms with Crippen LogP contribution in [-0.4, -0.2) is 52.8 Å². The minimum atomic E-state index is -0.0507. The average molecular weight is 289 g/mol. The quantitative estimate of drug-likeness (QED) is 0.849. The number of carbonyl (C=O) groups excluding carboxylic acids is 2. The Morgan fingerprint density at radius 3 is 2.24 bits per heavy atom. The maximum atomic E-state index is 12.3. The van der Waals surface area contributed by atoms with Gasteiger partial charge in [-0.3, -0.25) is 14.6 Å². The summed E-state index contributed by atoms with van der Waals surface area (Å²) in [5.74, 6) is 0.290. The van der Waals surface area contributed by atoms with E-state index in [1.807, 2.05) is 24.8 Å². The van der Waals surface area contributed by atoms with Crippen LogP contribution in [0.3, 0.4) is 0 Å². The molecule has 0 unspecified atom stereocenters. The van der Waals surface area contributed by atoms with Crippen molar-refractivity contribution in [2.45, 2.75) is 26.7 Å². The SMILES string of the molecule is CCC(CC)C(=O)N1CCN(C(=O)c2ccccn2)CC1. The largest absolute Gasteiger partial charge is 0.339 e. The zero-order valence-electron chi connectivity index (χ0n) is 12.8. The number of hydrogen-bond donors (Lipinski definition) is 0. The molecule has 5 nitrogen and oxygen atoms in total. The molecule has 1 saturated heterocycles. The lowest BCUT2D eigenvalue weighted by Crippen LogP contribution is -2.52. The number of nitrogens with zero attached hydrogens (tertiary/aromatic N) is 3. The Morgan fingerprint density at radius 1 is 1.10 bits per heavy atom. The predicted molar refractivity (Wildman–Crippen MR) is 80.8 cm³/mol. The van der Waals surface area contributed by atoms with Gasteiger partial charge in [-0.25, -0.2) is 0 Å². The summed E-state index contributed by atoms with van der Waals surface area (Å²) in [6, 6.07) is 5.33. The maximum absolute atomic E-state index is 12.3. The second-order valence-corrected chi connectivity index (χ2v) is 5.35. The van der Waals surface area contributed by atoms with E-state index in [0.29, 0.717) is 31.9 Å². The lowest BCUT2D eigenvalue weighted by Gasteiger charge is -2.36. The van der Waals surface area contributed by atoms with Crippen molar-refractivity contribution in [3.8, 4) is 0 Å². The standard InChI is InChI=1S/C16H23N3O2/c1-3-13(4-2)15(20)18-9-11-19(12-10-18)16(21)14-7-5-6-8-17-14/h5-8,13H,3-4,9-12H2,1-2H3. The Hall–Kier alpha value is -1.91. The molecule has 0 N–H and O–H groups in total. The lowest BCUT2D eigenvalue weighted by molar-refractivity contribution is -0.137. The highest BCUT2D eigenvalue weighted by Crippen LogP contribution is 2.14. The Bertz CT molecular complexity index is 478. The summed E-state index contributed by atoms with van der Waals surface area (Å²) in [5, 5.41) is 0. The van der Waals surface area contributed by atoms with Crippen molar-refractivity contribution in [3.63, 3.8) is 0 Å². The third-order valence-electron chi connectivity index (χ3n) is 4.10. The number of aromatic nitrogens is 1. The Labute approximate surface area is 126 Å². The Morgan fingerprint density at radius 2 is 1.71 bits per heavy atom. The van der Waals surface area contributed by atoms with E-state index in [2.05, 4.69) is 4.98 Å². The van der Waals surface area contributed by atoms with Gasteiger partial charge in [-0.2, -0.15) is 0 Å². The smallest absolute Gasteiger partial charge is 0.272 e. The van der Waals surface area contributed by atoms with Gasteiger partial charge in [-0.15, -0.1) is 0 Å². The van der Waals surface area contributed by atoms with E-state index >= 15 is 0 Å². The number of piperazine rings is 1. The first kappa shape index (κ1) is 15.5. The summed E-state index contributed by atoms with van der Waals surface area (Å²) in [5.41, 5.74) is 0.470. The molecule has 1 fully saturated rings. The second-order valence-electron chi connectivity index (χ2n) is 5.35. The molecule has 0 aromatic carbocycles. The van der Waals surface area contributed by atoms with E-state index < -0.39 is 0 Å². The highest BCUT2D eigenvalue weighted by Gasteiger charge is 2.27. The van der Waals surface area contributed by atoms with Crippen LogP contribution >= 0.6 is 0 Å². The molecule has 114 valence electrons. The van der Waals surface area contributed by atoms with E-state index in [1.165, 1.54) is 0 Å². The van der Waals surface area contributed by atoms with E-state index in [0.717, 1.165) is 12.8 Å². The Kier molecular flexibility index (Phi) is 5.31. The normalized spacial score (nSPS) is 15.4. The molecular formula is C16H23N3O2. The lowest BCUT2D eigenvalue weighted by atomic mass is 10.0. The first-order chi connectivity index (χ1) is 10.2. The zero-order chi connectivity index (χ0) is 15.2. The summed E-state index contributed by atoms with van der Waals surface area (Å²) in [6.07, 6.45) is 3.38. The molecular weight excluding hydrogens is 266 g/mol.